The Bertz CT molecular complexity index is 383. The second kappa shape index (κ2) is 5.68. The molecule has 1 N–H and O–H groups in total. The first-order valence-electron chi connectivity index (χ1n) is 7.32. The lowest BCUT2D eigenvalue weighted by Gasteiger charge is -2.52. The molecule has 0 bridgehead atoms. The van der Waals surface area contributed by atoms with Gasteiger partial charge in [0.2, 0.25) is 0 Å². The standard InChI is InChI=1S/C16H27NO2/c1-11(2)10-19-15-9-14(16(15,4)5)17-12(3)13-7-6-8-18-13/h6-8,11-12,14-15,17H,9-10H2,1-5H3/t12-,14?,15?/m1/s1. The van der Waals surface area contributed by atoms with Crippen molar-refractivity contribution in [3.05, 3.63) is 24.2 Å². The van der Waals surface area contributed by atoms with E-state index in [2.05, 4.69) is 39.9 Å². The Morgan fingerprint density at radius 1 is 1.42 bits per heavy atom. The van der Waals surface area contributed by atoms with Gasteiger partial charge in [-0.05, 0) is 31.4 Å². The van der Waals surface area contributed by atoms with Gasteiger partial charge in [0.25, 0.3) is 0 Å². The zero-order valence-electron chi connectivity index (χ0n) is 12.8. The van der Waals surface area contributed by atoms with Crippen LogP contribution in [0.4, 0.5) is 0 Å². The Morgan fingerprint density at radius 3 is 2.68 bits per heavy atom. The van der Waals surface area contributed by atoms with Crippen LogP contribution in [0.5, 0.6) is 0 Å². The highest BCUT2D eigenvalue weighted by atomic mass is 16.5. The molecule has 0 aliphatic heterocycles. The van der Waals surface area contributed by atoms with E-state index < -0.39 is 0 Å². The molecule has 1 saturated carbocycles. The summed E-state index contributed by atoms with van der Waals surface area (Å²) in [4.78, 5) is 0. The number of ether oxygens (including phenoxy) is 1. The third-order valence-electron chi connectivity index (χ3n) is 4.23. The van der Waals surface area contributed by atoms with Gasteiger partial charge in [0.1, 0.15) is 5.76 Å². The second-order valence-corrected chi connectivity index (χ2v) is 6.73. The molecule has 0 radical (unpaired) electrons. The van der Waals surface area contributed by atoms with E-state index in [9.17, 15) is 0 Å². The molecular formula is C16H27NO2. The van der Waals surface area contributed by atoms with Crippen LogP contribution >= 0.6 is 0 Å². The molecule has 1 aromatic rings. The van der Waals surface area contributed by atoms with Crippen LogP contribution in [0.2, 0.25) is 0 Å². The Hall–Kier alpha value is -0.800. The van der Waals surface area contributed by atoms with E-state index in [1.54, 1.807) is 6.26 Å². The first-order valence-corrected chi connectivity index (χ1v) is 7.32. The first-order chi connectivity index (χ1) is 8.91. The Kier molecular flexibility index (Phi) is 4.36. The lowest BCUT2D eigenvalue weighted by atomic mass is 9.64. The highest BCUT2D eigenvalue weighted by molar-refractivity contribution is 5.08. The van der Waals surface area contributed by atoms with Crippen LogP contribution in [0.1, 0.15) is 52.8 Å². The fourth-order valence-corrected chi connectivity index (χ4v) is 2.68. The van der Waals surface area contributed by atoms with Crippen LogP contribution in [0.25, 0.3) is 0 Å². The summed E-state index contributed by atoms with van der Waals surface area (Å²) >= 11 is 0. The summed E-state index contributed by atoms with van der Waals surface area (Å²) in [6.07, 6.45) is 3.19. The minimum Gasteiger partial charge on any atom is -0.468 e. The molecule has 108 valence electrons. The van der Waals surface area contributed by atoms with E-state index in [4.69, 9.17) is 9.15 Å². The summed E-state index contributed by atoms with van der Waals surface area (Å²) in [5.74, 6) is 1.60. The lowest BCUT2D eigenvalue weighted by molar-refractivity contribution is -0.126. The monoisotopic (exact) mass is 265 g/mol. The average Bonchev–Trinajstić information content (AvgIpc) is 2.85. The van der Waals surface area contributed by atoms with Gasteiger partial charge in [0.05, 0.1) is 18.4 Å². The third kappa shape index (κ3) is 3.21. The fourth-order valence-electron chi connectivity index (χ4n) is 2.68. The van der Waals surface area contributed by atoms with E-state index in [0.717, 1.165) is 18.8 Å². The van der Waals surface area contributed by atoms with Gasteiger partial charge in [-0.1, -0.05) is 27.7 Å². The quantitative estimate of drug-likeness (QED) is 0.850. The Morgan fingerprint density at radius 2 is 2.16 bits per heavy atom. The normalized spacial score (nSPS) is 27.3. The number of nitrogens with one attached hydrogen (secondary N) is 1. The van der Waals surface area contributed by atoms with Crippen molar-refractivity contribution in [3.63, 3.8) is 0 Å². The minimum absolute atomic E-state index is 0.190. The smallest absolute Gasteiger partial charge is 0.120 e. The van der Waals surface area contributed by atoms with Crippen LogP contribution in [0.3, 0.4) is 0 Å². The first kappa shape index (κ1) is 14.6. The summed E-state index contributed by atoms with van der Waals surface area (Å²) < 4.78 is 11.4. The molecule has 1 heterocycles. The van der Waals surface area contributed by atoms with Crippen LogP contribution in [0, 0.1) is 11.3 Å². The highest BCUT2D eigenvalue weighted by Crippen LogP contribution is 2.43. The maximum Gasteiger partial charge on any atom is 0.120 e. The van der Waals surface area contributed by atoms with Crippen molar-refractivity contribution in [2.75, 3.05) is 6.61 Å². The number of furan rings is 1. The van der Waals surface area contributed by atoms with E-state index >= 15 is 0 Å². The van der Waals surface area contributed by atoms with Crippen molar-refractivity contribution in [2.24, 2.45) is 11.3 Å². The van der Waals surface area contributed by atoms with Crippen molar-refractivity contribution >= 4 is 0 Å². The van der Waals surface area contributed by atoms with Crippen molar-refractivity contribution in [1.29, 1.82) is 0 Å². The SMILES string of the molecule is CC(C)COC1CC(N[C@H](C)c2ccco2)C1(C)C. The van der Waals surface area contributed by atoms with Gasteiger partial charge in [-0.2, -0.15) is 0 Å². The number of hydrogen-bond acceptors (Lipinski definition) is 3. The van der Waals surface area contributed by atoms with Crippen molar-refractivity contribution in [3.8, 4) is 0 Å². The fraction of sp³-hybridized carbons (Fsp3) is 0.750. The van der Waals surface area contributed by atoms with Crippen LogP contribution in [0.15, 0.2) is 22.8 Å². The van der Waals surface area contributed by atoms with Gasteiger partial charge >= 0.3 is 0 Å². The van der Waals surface area contributed by atoms with Gasteiger partial charge in [-0.15, -0.1) is 0 Å². The van der Waals surface area contributed by atoms with Crippen LogP contribution in [-0.2, 0) is 4.74 Å². The maximum absolute atomic E-state index is 5.99. The summed E-state index contributed by atoms with van der Waals surface area (Å²) in [6.45, 7) is 12.0. The average molecular weight is 265 g/mol. The summed E-state index contributed by atoms with van der Waals surface area (Å²) in [5, 5.41) is 3.65. The van der Waals surface area contributed by atoms with Crippen LogP contribution < -0.4 is 5.32 Å². The molecule has 3 heteroatoms. The van der Waals surface area contributed by atoms with E-state index in [1.807, 2.05) is 12.1 Å². The molecule has 3 nitrogen and oxygen atoms in total. The second-order valence-electron chi connectivity index (χ2n) is 6.73. The summed E-state index contributed by atoms with van der Waals surface area (Å²) in [6, 6.07) is 4.71. The molecule has 3 atom stereocenters. The zero-order valence-corrected chi connectivity index (χ0v) is 12.8. The van der Waals surface area contributed by atoms with Crippen molar-refractivity contribution in [2.45, 2.75) is 59.2 Å². The third-order valence-corrected chi connectivity index (χ3v) is 4.23. The van der Waals surface area contributed by atoms with E-state index in [1.165, 1.54) is 0 Å². The van der Waals surface area contributed by atoms with Gasteiger partial charge < -0.3 is 14.5 Å². The Labute approximate surface area is 116 Å². The lowest BCUT2D eigenvalue weighted by Crippen LogP contribution is -2.61. The molecule has 1 aliphatic carbocycles. The van der Waals surface area contributed by atoms with Crippen LogP contribution in [-0.4, -0.2) is 18.8 Å². The predicted octanol–water partition coefficient (Wildman–Crippen LogP) is 3.77. The number of hydrogen-bond donors (Lipinski definition) is 1. The molecule has 19 heavy (non-hydrogen) atoms. The highest BCUT2D eigenvalue weighted by Gasteiger charge is 2.49. The largest absolute Gasteiger partial charge is 0.468 e. The maximum atomic E-state index is 5.99. The van der Waals surface area contributed by atoms with Gasteiger partial charge in [-0.3, -0.25) is 0 Å². The predicted molar refractivity (Wildman–Crippen MR) is 77.0 cm³/mol. The summed E-state index contributed by atoms with van der Waals surface area (Å²) in [7, 11) is 0. The van der Waals surface area contributed by atoms with E-state index in [-0.39, 0.29) is 11.5 Å². The van der Waals surface area contributed by atoms with Gasteiger partial charge in [0, 0.05) is 18.1 Å². The topological polar surface area (TPSA) is 34.4 Å². The molecule has 1 aromatic heterocycles. The molecule has 0 amide bonds. The van der Waals surface area contributed by atoms with Gasteiger partial charge in [0.15, 0.2) is 0 Å². The molecule has 0 spiro atoms. The van der Waals surface area contributed by atoms with Crippen molar-refractivity contribution in [1.82, 2.24) is 5.32 Å². The van der Waals surface area contributed by atoms with Gasteiger partial charge in [-0.25, -0.2) is 0 Å². The van der Waals surface area contributed by atoms with Crippen molar-refractivity contribution < 1.29 is 9.15 Å². The summed E-state index contributed by atoms with van der Waals surface area (Å²) in [5.41, 5.74) is 0.190. The number of rotatable bonds is 6. The molecule has 1 aliphatic rings. The molecule has 2 rings (SSSR count). The minimum atomic E-state index is 0.190. The Balaban J connectivity index is 1.84. The molecule has 0 saturated heterocycles. The molecule has 2 unspecified atom stereocenters. The molecule has 0 aromatic carbocycles. The molecular weight excluding hydrogens is 238 g/mol. The zero-order chi connectivity index (χ0) is 14.0. The van der Waals surface area contributed by atoms with E-state index in [0.29, 0.717) is 18.1 Å². The molecule has 1 fully saturated rings.